The summed E-state index contributed by atoms with van der Waals surface area (Å²) in [7, 11) is 2.88. The normalized spacial score (nSPS) is 10.7. The van der Waals surface area contributed by atoms with Gasteiger partial charge in [-0.25, -0.2) is 4.79 Å². The molecule has 0 amide bonds. The molecule has 2 aromatic rings. The Balaban J connectivity index is 2.59. The summed E-state index contributed by atoms with van der Waals surface area (Å²) in [5.74, 6) is -0.956. The monoisotopic (exact) mass is 385 g/mol. The number of ether oxygens (including phenoxy) is 2. The molecule has 1 aromatic heterocycles. The molecule has 1 heterocycles. The third-order valence-electron chi connectivity index (χ3n) is 4.04. The molecular formula is C21H23NO6. The van der Waals surface area contributed by atoms with Crippen LogP contribution in [0.1, 0.15) is 41.0 Å². The Bertz CT molecular complexity index is 997. The van der Waals surface area contributed by atoms with Crippen molar-refractivity contribution in [2.75, 3.05) is 14.2 Å². The van der Waals surface area contributed by atoms with Gasteiger partial charge in [-0.1, -0.05) is 17.7 Å². The van der Waals surface area contributed by atoms with E-state index in [4.69, 9.17) is 9.47 Å². The first-order chi connectivity index (χ1) is 13.3. The number of H-pyrrole nitrogens is 1. The van der Waals surface area contributed by atoms with Gasteiger partial charge in [0.05, 0.1) is 14.2 Å². The van der Waals surface area contributed by atoms with Gasteiger partial charge in [0.15, 0.2) is 11.3 Å². The van der Waals surface area contributed by atoms with Crippen LogP contribution in [0.2, 0.25) is 0 Å². The predicted octanol–water partition coefficient (Wildman–Crippen LogP) is 3.48. The third kappa shape index (κ3) is 4.82. The van der Waals surface area contributed by atoms with Gasteiger partial charge in [0.2, 0.25) is 0 Å². The van der Waals surface area contributed by atoms with E-state index in [9.17, 15) is 19.8 Å². The van der Waals surface area contributed by atoms with E-state index in [2.05, 4.69) is 4.98 Å². The van der Waals surface area contributed by atoms with Crippen LogP contribution >= 0.6 is 0 Å². The number of allylic oxidation sites excluding steroid dienone is 2. The van der Waals surface area contributed by atoms with Gasteiger partial charge < -0.3 is 24.7 Å². The van der Waals surface area contributed by atoms with E-state index in [0.29, 0.717) is 23.4 Å². The van der Waals surface area contributed by atoms with E-state index in [1.54, 1.807) is 6.07 Å². The molecule has 0 atom stereocenters. The average molecular weight is 385 g/mol. The fourth-order valence-corrected chi connectivity index (χ4v) is 2.66. The fourth-order valence-electron chi connectivity index (χ4n) is 2.66. The molecule has 28 heavy (non-hydrogen) atoms. The van der Waals surface area contributed by atoms with Crippen molar-refractivity contribution in [3.05, 3.63) is 62.5 Å². The van der Waals surface area contributed by atoms with E-state index >= 15 is 0 Å². The SMILES string of the molecule is COc1cc(=O)cc(/C=C/c2cc(OC)c(CC=C(C)C)c(O)c2C(=O)O)[nH]1. The minimum absolute atomic E-state index is 0.237. The number of pyridine rings is 1. The Morgan fingerprint density at radius 2 is 1.86 bits per heavy atom. The van der Waals surface area contributed by atoms with Crippen molar-refractivity contribution in [1.82, 2.24) is 4.98 Å². The highest BCUT2D eigenvalue weighted by atomic mass is 16.5. The van der Waals surface area contributed by atoms with Crippen molar-refractivity contribution in [3.8, 4) is 17.4 Å². The molecule has 0 saturated heterocycles. The van der Waals surface area contributed by atoms with E-state index in [0.717, 1.165) is 5.57 Å². The number of nitrogens with one attached hydrogen (secondary N) is 1. The van der Waals surface area contributed by atoms with Gasteiger partial charge in [0.1, 0.15) is 17.1 Å². The number of carboxylic acid groups (broad SMARTS) is 1. The second-order valence-electron chi connectivity index (χ2n) is 6.33. The standard InChI is InChI=1S/C21H23NO6/c1-12(2)5-8-16-17(27-3)9-13(19(20(16)24)21(25)26)6-7-14-10-15(23)11-18(22-14)28-4/h5-7,9-11,24H,8H2,1-4H3,(H,22,23)(H,25,26)/b7-6+. The lowest BCUT2D eigenvalue weighted by Gasteiger charge is -2.14. The number of hydrogen-bond acceptors (Lipinski definition) is 5. The zero-order chi connectivity index (χ0) is 20.8. The number of carbonyl (C=O) groups is 1. The van der Waals surface area contributed by atoms with Crippen molar-refractivity contribution in [1.29, 1.82) is 0 Å². The van der Waals surface area contributed by atoms with E-state index < -0.39 is 5.97 Å². The molecule has 0 saturated carbocycles. The number of aromatic amines is 1. The molecule has 3 N–H and O–H groups in total. The van der Waals surface area contributed by atoms with Crippen LogP contribution in [0, 0.1) is 0 Å². The average Bonchev–Trinajstić information content (AvgIpc) is 2.63. The molecule has 0 aliphatic rings. The number of rotatable bonds is 7. The Morgan fingerprint density at radius 3 is 2.43 bits per heavy atom. The molecule has 7 nitrogen and oxygen atoms in total. The number of aromatic hydroxyl groups is 1. The summed E-state index contributed by atoms with van der Waals surface area (Å²) in [5.41, 5.74) is 1.60. The second-order valence-corrected chi connectivity index (χ2v) is 6.33. The molecule has 0 unspecified atom stereocenters. The smallest absolute Gasteiger partial charge is 0.340 e. The van der Waals surface area contributed by atoms with Gasteiger partial charge in [-0.2, -0.15) is 0 Å². The zero-order valence-corrected chi connectivity index (χ0v) is 16.2. The Labute approximate surface area is 162 Å². The second kappa shape index (κ2) is 8.94. The van der Waals surface area contributed by atoms with Gasteiger partial charge >= 0.3 is 5.97 Å². The first kappa shape index (κ1) is 20.8. The van der Waals surface area contributed by atoms with Crippen LogP contribution in [0.4, 0.5) is 0 Å². The van der Waals surface area contributed by atoms with Crippen LogP contribution in [-0.2, 0) is 6.42 Å². The molecule has 0 aliphatic carbocycles. The van der Waals surface area contributed by atoms with Gasteiger partial charge in [-0.05, 0) is 38.0 Å². The molecule has 0 radical (unpaired) electrons. The van der Waals surface area contributed by atoms with E-state index in [1.807, 2.05) is 19.9 Å². The highest BCUT2D eigenvalue weighted by Crippen LogP contribution is 2.36. The van der Waals surface area contributed by atoms with Crippen LogP contribution < -0.4 is 14.9 Å². The van der Waals surface area contributed by atoms with Crippen LogP contribution in [0.3, 0.4) is 0 Å². The van der Waals surface area contributed by atoms with Gasteiger partial charge in [0, 0.05) is 23.4 Å². The summed E-state index contributed by atoms with van der Waals surface area (Å²) in [6.07, 6.45) is 5.23. The maximum Gasteiger partial charge on any atom is 0.340 e. The number of hydrogen-bond donors (Lipinski definition) is 3. The summed E-state index contributed by atoms with van der Waals surface area (Å²) in [6.45, 7) is 3.82. The summed E-state index contributed by atoms with van der Waals surface area (Å²) in [5, 5.41) is 20.2. The molecule has 0 bridgehead atoms. The topological polar surface area (TPSA) is 109 Å². The third-order valence-corrected chi connectivity index (χ3v) is 4.04. The number of aromatic carboxylic acids is 1. The lowest BCUT2D eigenvalue weighted by atomic mass is 9.97. The van der Waals surface area contributed by atoms with E-state index in [1.165, 1.54) is 38.5 Å². The van der Waals surface area contributed by atoms with E-state index in [-0.39, 0.29) is 28.2 Å². The van der Waals surface area contributed by atoms with Crippen molar-refractivity contribution in [2.45, 2.75) is 20.3 Å². The van der Waals surface area contributed by atoms with Crippen molar-refractivity contribution < 1.29 is 24.5 Å². The molecule has 0 fully saturated rings. The number of carboxylic acids is 1. The Hall–Kier alpha value is -3.48. The lowest BCUT2D eigenvalue weighted by Crippen LogP contribution is -2.05. The maximum atomic E-state index is 11.8. The molecule has 148 valence electrons. The fraction of sp³-hybridized carbons (Fsp3) is 0.238. The van der Waals surface area contributed by atoms with Crippen LogP contribution in [-0.4, -0.2) is 35.4 Å². The molecule has 0 aliphatic heterocycles. The van der Waals surface area contributed by atoms with Crippen molar-refractivity contribution >= 4 is 18.1 Å². The van der Waals surface area contributed by atoms with Crippen molar-refractivity contribution in [2.24, 2.45) is 0 Å². The summed E-state index contributed by atoms with van der Waals surface area (Å²) < 4.78 is 10.4. The van der Waals surface area contributed by atoms with Crippen molar-refractivity contribution in [3.63, 3.8) is 0 Å². The highest BCUT2D eigenvalue weighted by molar-refractivity contribution is 5.97. The number of benzene rings is 1. The Morgan fingerprint density at radius 1 is 1.14 bits per heavy atom. The van der Waals surface area contributed by atoms with Gasteiger partial charge in [0.25, 0.3) is 0 Å². The number of methoxy groups -OCH3 is 2. The molecule has 0 spiro atoms. The number of phenols is 1. The maximum absolute atomic E-state index is 11.8. The highest BCUT2D eigenvalue weighted by Gasteiger charge is 2.21. The van der Waals surface area contributed by atoms with Gasteiger partial charge in [-0.15, -0.1) is 0 Å². The molecule has 7 heteroatoms. The largest absolute Gasteiger partial charge is 0.507 e. The first-order valence-electron chi connectivity index (χ1n) is 8.52. The van der Waals surface area contributed by atoms with Gasteiger partial charge in [-0.3, -0.25) is 4.79 Å². The molecule has 2 rings (SSSR count). The minimum Gasteiger partial charge on any atom is -0.507 e. The minimum atomic E-state index is -1.27. The Kier molecular flexibility index (Phi) is 6.65. The lowest BCUT2D eigenvalue weighted by molar-refractivity contribution is 0.0693. The first-order valence-corrected chi connectivity index (χ1v) is 8.52. The quantitative estimate of drug-likeness (QED) is 0.630. The summed E-state index contributed by atoms with van der Waals surface area (Å²) in [6, 6.07) is 4.19. The number of aromatic nitrogens is 1. The van der Waals surface area contributed by atoms with Crippen LogP contribution in [0.15, 0.2) is 34.6 Å². The van der Waals surface area contributed by atoms with Crippen LogP contribution in [0.25, 0.3) is 12.2 Å². The summed E-state index contributed by atoms with van der Waals surface area (Å²) >= 11 is 0. The van der Waals surface area contributed by atoms with Crippen LogP contribution in [0.5, 0.6) is 17.4 Å². The molecule has 1 aromatic carbocycles. The summed E-state index contributed by atoms with van der Waals surface area (Å²) in [4.78, 5) is 26.3. The molecular weight excluding hydrogens is 362 g/mol. The zero-order valence-electron chi connectivity index (χ0n) is 16.2. The predicted molar refractivity (Wildman–Crippen MR) is 107 cm³/mol.